The van der Waals surface area contributed by atoms with Crippen molar-refractivity contribution in [3.8, 4) is 5.75 Å². The average molecular weight is 210 g/mol. The van der Waals surface area contributed by atoms with Crippen LogP contribution in [0.3, 0.4) is 0 Å². The maximum Gasteiger partial charge on any atom is 0.209 e. The summed E-state index contributed by atoms with van der Waals surface area (Å²) >= 11 is 0. The lowest BCUT2D eigenvalue weighted by Crippen LogP contribution is -2.02. The molecule has 0 spiro atoms. The van der Waals surface area contributed by atoms with Crippen LogP contribution in [0.25, 0.3) is 10.1 Å². The molecule has 2 rings (SSSR count). The van der Waals surface area contributed by atoms with Gasteiger partial charge in [0.05, 0.1) is 7.11 Å². The topological polar surface area (TPSA) is 60.4 Å². The van der Waals surface area contributed by atoms with Gasteiger partial charge in [-0.15, -0.1) is 0 Å². The Bertz CT molecular complexity index is 527. The third kappa shape index (κ3) is 1.21. The number of fused-ring (bicyclic) bond motifs is 1. The van der Waals surface area contributed by atoms with Gasteiger partial charge in [0, 0.05) is 24.1 Å². The van der Waals surface area contributed by atoms with E-state index in [4.69, 9.17) is 4.74 Å². The standard InChI is InChI=1S/C9H10N2O2S/c1-10-9-8-6(13-2)4-3-5-7(8)14(12)11-9/h3-5H,1-2H3,(H,10,11). The molecule has 1 aromatic heterocycles. The predicted molar refractivity (Wildman–Crippen MR) is 55.0 cm³/mol. The van der Waals surface area contributed by atoms with Gasteiger partial charge in [-0.05, 0) is 6.07 Å². The summed E-state index contributed by atoms with van der Waals surface area (Å²) in [5, 5.41) is 0.802. The fourth-order valence-corrected chi connectivity index (χ4v) is 2.48. The zero-order chi connectivity index (χ0) is 10.1. The molecule has 0 fully saturated rings. The van der Waals surface area contributed by atoms with E-state index in [1.165, 1.54) is 0 Å². The monoisotopic (exact) mass is 210 g/mol. The number of hydrogen-bond acceptors (Lipinski definition) is 3. The summed E-state index contributed by atoms with van der Waals surface area (Å²) in [5.41, 5.74) is 0.621. The second-order valence-electron chi connectivity index (χ2n) is 2.78. The van der Waals surface area contributed by atoms with Crippen LogP contribution in [0, 0.1) is 0 Å². The van der Waals surface area contributed by atoms with Gasteiger partial charge in [-0.1, -0.05) is 6.07 Å². The van der Waals surface area contributed by atoms with E-state index in [9.17, 15) is 4.55 Å². The van der Waals surface area contributed by atoms with E-state index in [2.05, 4.69) is 9.37 Å². The molecule has 1 aromatic carbocycles. The van der Waals surface area contributed by atoms with Crippen LogP contribution in [0.15, 0.2) is 23.2 Å². The first-order valence-corrected chi connectivity index (χ1v) is 5.25. The van der Waals surface area contributed by atoms with Crippen LogP contribution in [0.1, 0.15) is 0 Å². The summed E-state index contributed by atoms with van der Waals surface area (Å²) in [6.07, 6.45) is 0. The molecule has 1 atom stereocenters. The molecule has 1 heterocycles. The Morgan fingerprint density at radius 1 is 1.50 bits per heavy atom. The van der Waals surface area contributed by atoms with E-state index in [-0.39, 0.29) is 0 Å². The number of nitrogens with zero attached hydrogens (tertiary/aromatic N) is 1. The zero-order valence-electron chi connectivity index (χ0n) is 7.90. The van der Waals surface area contributed by atoms with E-state index in [0.29, 0.717) is 11.2 Å². The van der Waals surface area contributed by atoms with Crippen molar-refractivity contribution in [2.45, 2.75) is 0 Å². The second-order valence-corrected chi connectivity index (χ2v) is 3.96. The van der Waals surface area contributed by atoms with Gasteiger partial charge in [0.15, 0.2) is 5.49 Å². The maximum atomic E-state index is 11.6. The Balaban J connectivity index is 2.98. The highest BCUT2D eigenvalue weighted by Gasteiger charge is 2.13. The molecule has 0 aliphatic heterocycles. The number of methoxy groups -OCH3 is 1. The van der Waals surface area contributed by atoms with Crippen molar-refractivity contribution >= 4 is 21.0 Å². The molecule has 0 saturated carbocycles. The first kappa shape index (κ1) is 9.23. The molecule has 0 aliphatic carbocycles. The van der Waals surface area contributed by atoms with Crippen LogP contribution < -0.4 is 10.2 Å². The summed E-state index contributed by atoms with van der Waals surface area (Å²) in [6, 6.07) is 5.45. The highest BCUT2D eigenvalue weighted by Crippen LogP contribution is 2.28. The molecular weight excluding hydrogens is 200 g/mol. The zero-order valence-corrected chi connectivity index (χ0v) is 8.72. The molecule has 1 unspecified atom stereocenters. The Morgan fingerprint density at radius 3 is 2.93 bits per heavy atom. The Hall–Kier alpha value is -1.33. The minimum atomic E-state index is -1.20. The van der Waals surface area contributed by atoms with Crippen molar-refractivity contribution in [1.82, 2.24) is 4.37 Å². The largest absolute Gasteiger partial charge is 0.570 e. The molecule has 74 valence electrons. The van der Waals surface area contributed by atoms with Crippen molar-refractivity contribution < 1.29 is 9.29 Å². The Morgan fingerprint density at radius 2 is 2.29 bits per heavy atom. The molecule has 5 heteroatoms. The minimum Gasteiger partial charge on any atom is -0.570 e. The van der Waals surface area contributed by atoms with Crippen LogP contribution in [0.5, 0.6) is 5.75 Å². The number of ether oxygens (including phenoxy) is 1. The molecule has 0 bridgehead atoms. The fourth-order valence-electron chi connectivity index (χ4n) is 1.42. The molecule has 0 saturated heterocycles. The quantitative estimate of drug-likeness (QED) is 0.724. The highest BCUT2D eigenvalue weighted by molar-refractivity contribution is 7.26. The predicted octanol–water partition coefficient (Wildman–Crippen LogP) is 1.43. The third-order valence-corrected chi connectivity index (χ3v) is 3.18. The Kier molecular flexibility index (Phi) is 2.26. The molecule has 0 aliphatic rings. The lowest BCUT2D eigenvalue weighted by molar-refractivity contribution is 0.419. The van der Waals surface area contributed by atoms with Gasteiger partial charge < -0.3 is 9.29 Å². The van der Waals surface area contributed by atoms with E-state index < -0.39 is 10.9 Å². The lowest BCUT2D eigenvalue weighted by atomic mass is 10.2. The van der Waals surface area contributed by atoms with Gasteiger partial charge in [0.25, 0.3) is 0 Å². The van der Waals surface area contributed by atoms with Crippen LogP contribution in [-0.4, -0.2) is 23.1 Å². The van der Waals surface area contributed by atoms with Crippen LogP contribution in [0.2, 0.25) is 0 Å². The van der Waals surface area contributed by atoms with Crippen LogP contribution >= 0.6 is 10.9 Å². The number of benzene rings is 1. The van der Waals surface area contributed by atoms with Crippen molar-refractivity contribution in [3.05, 3.63) is 23.7 Å². The van der Waals surface area contributed by atoms with Gasteiger partial charge in [0.1, 0.15) is 11.1 Å². The normalized spacial score (nSPS) is 13.6. The number of nitrogens with one attached hydrogen (secondary N) is 1. The van der Waals surface area contributed by atoms with Gasteiger partial charge in [-0.2, -0.15) is 4.37 Å². The second kappa shape index (κ2) is 3.43. The molecule has 1 N–H and O–H groups in total. The van der Waals surface area contributed by atoms with E-state index >= 15 is 0 Å². The number of H-pyrrole nitrogens is 1. The fraction of sp³-hybridized carbons (Fsp3) is 0.222. The van der Waals surface area contributed by atoms with Crippen LogP contribution in [-0.2, 0) is 0 Å². The summed E-state index contributed by atoms with van der Waals surface area (Å²) in [4.78, 5) is 4.02. The smallest absolute Gasteiger partial charge is 0.209 e. The van der Waals surface area contributed by atoms with Crippen molar-refractivity contribution in [2.24, 2.45) is 4.99 Å². The summed E-state index contributed by atoms with van der Waals surface area (Å²) in [6.45, 7) is 0. The van der Waals surface area contributed by atoms with E-state index in [0.717, 1.165) is 10.1 Å². The van der Waals surface area contributed by atoms with Gasteiger partial charge in [-0.25, -0.2) is 0 Å². The van der Waals surface area contributed by atoms with Gasteiger partial charge in [0.2, 0.25) is 4.70 Å². The first-order chi connectivity index (χ1) is 6.77. The maximum absolute atomic E-state index is 11.6. The average Bonchev–Trinajstić information content (AvgIpc) is 2.56. The van der Waals surface area contributed by atoms with Gasteiger partial charge in [-0.3, -0.25) is 4.99 Å². The van der Waals surface area contributed by atoms with Crippen molar-refractivity contribution in [1.29, 1.82) is 0 Å². The summed E-state index contributed by atoms with van der Waals surface area (Å²) in [7, 11) is 2.04. The molecule has 14 heavy (non-hydrogen) atoms. The molecule has 0 amide bonds. The van der Waals surface area contributed by atoms with Crippen LogP contribution in [0.4, 0.5) is 0 Å². The summed E-state index contributed by atoms with van der Waals surface area (Å²) < 4.78 is 20.3. The number of aromatic nitrogens is 1. The summed E-state index contributed by atoms with van der Waals surface area (Å²) in [5.74, 6) is 0.696. The van der Waals surface area contributed by atoms with Gasteiger partial charge >= 0.3 is 0 Å². The molecule has 0 radical (unpaired) electrons. The van der Waals surface area contributed by atoms with E-state index in [1.54, 1.807) is 20.2 Å². The minimum absolute atomic E-state index is 0.621. The SMILES string of the molecule is CN=c1[nH][s+]([O-])c2cccc(OC)c12. The number of rotatable bonds is 1. The van der Waals surface area contributed by atoms with Crippen molar-refractivity contribution in [2.75, 3.05) is 14.2 Å². The Labute approximate surface area is 83.8 Å². The molecular formula is C9H10N2O2S. The van der Waals surface area contributed by atoms with E-state index in [1.807, 2.05) is 12.1 Å². The lowest BCUT2D eigenvalue weighted by Gasteiger charge is -1.97. The highest BCUT2D eigenvalue weighted by atomic mass is 32.2. The number of aromatic amines is 1. The third-order valence-electron chi connectivity index (χ3n) is 2.06. The molecule has 4 nitrogen and oxygen atoms in total. The first-order valence-electron chi connectivity index (χ1n) is 4.10. The number of hydrogen-bond donors (Lipinski definition) is 1. The van der Waals surface area contributed by atoms with Crippen molar-refractivity contribution in [3.63, 3.8) is 0 Å². The molecule has 2 aromatic rings.